The molecule has 1 heterocycles. The van der Waals surface area contributed by atoms with E-state index in [9.17, 15) is 14.0 Å². The highest BCUT2D eigenvalue weighted by molar-refractivity contribution is 8.26. The van der Waals surface area contributed by atoms with Crippen LogP contribution in [0.3, 0.4) is 0 Å². The minimum absolute atomic E-state index is 0.206. The van der Waals surface area contributed by atoms with Crippen molar-refractivity contribution in [2.45, 2.75) is 0 Å². The molecule has 0 aromatic heterocycles. The van der Waals surface area contributed by atoms with Gasteiger partial charge in [-0.05, 0) is 60.3 Å². The summed E-state index contributed by atoms with van der Waals surface area (Å²) in [4.78, 5) is 25.2. The van der Waals surface area contributed by atoms with E-state index in [0.29, 0.717) is 17.3 Å². The molecule has 1 fully saturated rings. The minimum atomic E-state index is -0.554. The maximum absolute atomic E-state index is 13.0. The molecule has 0 aliphatic carbocycles. The van der Waals surface area contributed by atoms with Gasteiger partial charge in [0.1, 0.15) is 18.2 Å². The first-order valence-corrected chi connectivity index (χ1v) is 9.38. The van der Waals surface area contributed by atoms with Gasteiger partial charge in [0.25, 0.3) is 11.8 Å². The molecule has 8 heteroatoms. The van der Waals surface area contributed by atoms with Crippen LogP contribution in [0.5, 0.6) is 5.75 Å². The summed E-state index contributed by atoms with van der Waals surface area (Å²) in [6.45, 7) is 4.00. The molecule has 0 saturated carbocycles. The molecule has 1 aliphatic rings. The van der Waals surface area contributed by atoms with E-state index >= 15 is 0 Å². The van der Waals surface area contributed by atoms with Crippen molar-refractivity contribution < 1.29 is 18.7 Å². The van der Waals surface area contributed by atoms with E-state index in [1.165, 1.54) is 24.3 Å². The third-order valence-corrected chi connectivity index (χ3v) is 4.96. The summed E-state index contributed by atoms with van der Waals surface area (Å²) < 4.78 is 18.6. The van der Waals surface area contributed by atoms with Crippen LogP contribution in [0, 0.1) is 5.82 Å². The van der Waals surface area contributed by atoms with Crippen LogP contribution in [-0.2, 0) is 4.79 Å². The quantitative estimate of drug-likeness (QED) is 0.441. The van der Waals surface area contributed by atoms with E-state index in [0.717, 1.165) is 22.3 Å². The van der Waals surface area contributed by atoms with Gasteiger partial charge in [-0.2, -0.15) is 5.01 Å². The van der Waals surface area contributed by atoms with E-state index < -0.39 is 17.6 Å². The van der Waals surface area contributed by atoms with E-state index in [2.05, 4.69) is 12.0 Å². The highest BCUT2D eigenvalue weighted by Crippen LogP contribution is 2.31. The molecule has 142 valence electrons. The SMILES string of the molecule is C=CCOc1ccc(C=C2SC(=S)N(NC(=O)c3ccc(F)cc3)C2=O)cc1. The first-order valence-electron chi connectivity index (χ1n) is 8.16. The average molecular weight is 414 g/mol. The number of amides is 2. The molecule has 2 aromatic carbocycles. The summed E-state index contributed by atoms with van der Waals surface area (Å²) in [6, 6.07) is 12.2. The number of carbonyl (C=O) groups is 2. The number of hydrogen-bond acceptors (Lipinski definition) is 5. The van der Waals surface area contributed by atoms with Crippen LogP contribution >= 0.6 is 24.0 Å². The number of nitrogens with zero attached hydrogens (tertiary/aromatic N) is 1. The van der Waals surface area contributed by atoms with Crippen LogP contribution in [0.2, 0.25) is 0 Å². The van der Waals surface area contributed by atoms with Crippen molar-refractivity contribution >= 4 is 46.2 Å². The summed E-state index contributed by atoms with van der Waals surface area (Å²) >= 11 is 6.28. The zero-order valence-electron chi connectivity index (χ0n) is 14.6. The Morgan fingerprint density at radius 3 is 2.54 bits per heavy atom. The molecule has 5 nitrogen and oxygen atoms in total. The second kappa shape index (κ2) is 8.81. The van der Waals surface area contributed by atoms with Gasteiger partial charge < -0.3 is 4.74 Å². The monoisotopic (exact) mass is 414 g/mol. The largest absolute Gasteiger partial charge is 0.490 e. The van der Waals surface area contributed by atoms with E-state index in [-0.39, 0.29) is 9.88 Å². The van der Waals surface area contributed by atoms with Gasteiger partial charge in [-0.1, -0.05) is 36.5 Å². The van der Waals surface area contributed by atoms with Gasteiger partial charge in [0.05, 0.1) is 4.91 Å². The Morgan fingerprint density at radius 1 is 1.21 bits per heavy atom. The number of benzene rings is 2. The fourth-order valence-corrected chi connectivity index (χ4v) is 3.48. The predicted octanol–water partition coefficient (Wildman–Crippen LogP) is 3.94. The molecule has 1 saturated heterocycles. The second-order valence-electron chi connectivity index (χ2n) is 5.63. The third kappa shape index (κ3) is 4.65. The van der Waals surface area contributed by atoms with Gasteiger partial charge >= 0.3 is 0 Å². The Morgan fingerprint density at radius 2 is 1.89 bits per heavy atom. The number of hydrazine groups is 1. The van der Waals surface area contributed by atoms with Crippen molar-refractivity contribution in [3.8, 4) is 5.75 Å². The lowest BCUT2D eigenvalue weighted by molar-refractivity contribution is -0.123. The number of carbonyl (C=O) groups excluding carboxylic acids is 2. The lowest BCUT2D eigenvalue weighted by Gasteiger charge is -2.15. The number of thiocarbonyl (C=S) groups is 1. The zero-order valence-corrected chi connectivity index (χ0v) is 16.2. The van der Waals surface area contributed by atoms with Gasteiger partial charge in [-0.15, -0.1) is 0 Å². The smallest absolute Gasteiger partial charge is 0.285 e. The fraction of sp³-hybridized carbons (Fsp3) is 0.0500. The molecule has 0 radical (unpaired) electrons. The lowest BCUT2D eigenvalue weighted by Crippen LogP contribution is -2.44. The van der Waals surface area contributed by atoms with Crippen LogP contribution in [0.1, 0.15) is 15.9 Å². The number of hydrogen-bond donors (Lipinski definition) is 1. The molecule has 2 aromatic rings. The van der Waals surface area contributed by atoms with Crippen LogP contribution in [0.25, 0.3) is 6.08 Å². The first-order chi connectivity index (χ1) is 13.5. The average Bonchev–Trinajstić information content (AvgIpc) is 2.95. The van der Waals surface area contributed by atoms with Gasteiger partial charge in [0.2, 0.25) is 0 Å². The summed E-state index contributed by atoms with van der Waals surface area (Å²) in [5, 5.41) is 1.01. The van der Waals surface area contributed by atoms with Crippen LogP contribution in [0.15, 0.2) is 66.1 Å². The first kappa shape index (κ1) is 19.8. The molecule has 0 bridgehead atoms. The number of halogens is 1. The summed E-state index contributed by atoms with van der Waals surface area (Å²) in [6.07, 6.45) is 3.33. The van der Waals surface area contributed by atoms with Crippen LogP contribution < -0.4 is 10.2 Å². The Labute approximate surface area is 170 Å². The number of ether oxygens (including phenoxy) is 1. The predicted molar refractivity (Wildman–Crippen MR) is 111 cm³/mol. The number of rotatable bonds is 6. The van der Waals surface area contributed by atoms with Crippen molar-refractivity contribution in [1.29, 1.82) is 0 Å². The topological polar surface area (TPSA) is 58.6 Å². The summed E-state index contributed by atoms with van der Waals surface area (Å²) in [7, 11) is 0. The fourth-order valence-electron chi connectivity index (χ4n) is 2.30. The minimum Gasteiger partial charge on any atom is -0.490 e. The molecule has 0 spiro atoms. The summed E-state index contributed by atoms with van der Waals surface area (Å²) in [5.74, 6) is -0.749. The number of thioether (sulfide) groups is 1. The molecular formula is C20H15FN2O3S2. The standard InChI is InChI=1S/C20H15FN2O3S2/c1-2-11-26-16-9-3-13(4-10-16)12-17-19(25)23(20(27)28-17)22-18(24)14-5-7-15(21)8-6-14/h2-10,12H,1,11H2,(H,22,24). The molecule has 2 amide bonds. The van der Waals surface area contributed by atoms with E-state index in [4.69, 9.17) is 17.0 Å². The Bertz CT molecular complexity index is 956. The van der Waals surface area contributed by atoms with Crippen molar-refractivity contribution in [3.63, 3.8) is 0 Å². The molecule has 28 heavy (non-hydrogen) atoms. The Kier molecular flexibility index (Phi) is 6.23. The van der Waals surface area contributed by atoms with Gasteiger partial charge in [-0.3, -0.25) is 15.0 Å². The third-order valence-electron chi connectivity index (χ3n) is 3.66. The number of nitrogens with one attached hydrogen (secondary N) is 1. The second-order valence-corrected chi connectivity index (χ2v) is 7.31. The van der Waals surface area contributed by atoms with Gasteiger partial charge in [-0.25, -0.2) is 4.39 Å². The molecule has 0 atom stereocenters. The highest BCUT2D eigenvalue weighted by Gasteiger charge is 2.33. The van der Waals surface area contributed by atoms with Crippen molar-refractivity contribution in [1.82, 2.24) is 10.4 Å². The summed E-state index contributed by atoms with van der Waals surface area (Å²) in [5.41, 5.74) is 3.46. The highest BCUT2D eigenvalue weighted by atomic mass is 32.2. The van der Waals surface area contributed by atoms with Crippen molar-refractivity contribution in [3.05, 3.63) is 83.0 Å². The Balaban J connectivity index is 1.70. The molecule has 3 rings (SSSR count). The zero-order chi connectivity index (χ0) is 20.1. The van der Waals surface area contributed by atoms with Crippen LogP contribution in [0.4, 0.5) is 4.39 Å². The van der Waals surface area contributed by atoms with Crippen molar-refractivity contribution in [2.75, 3.05) is 6.61 Å². The maximum atomic E-state index is 13.0. The van der Waals surface area contributed by atoms with E-state index in [1.807, 2.05) is 12.1 Å². The van der Waals surface area contributed by atoms with E-state index in [1.54, 1.807) is 24.3 Å². The normalized spacial score (nSPS) is 15.0. The molecule has 0 unspecified atom stereocenters. The Hall–Kier alpha value is -2.97. The van der Waals surface area contributed by atoms with Crippen LogP contribution in [-0.4, -0.2) is 27.8 Å². The molecular weight excluding hydrogens is 399 g/mol. The lowest BCUT2D eigenvalue weighted by atomic mass is 10.2. The van der Waals surface area contributed by atoms with Gasteiger partial charge in [0, 0.05) is 5.56 Å². The molecule has 1 N–H and O–H groups in total. The molecule has 1 aliphatic heterocycles. The van der Waals surface area contributed by atoms with Crippen molar-refractivity contribution in [2.24, 2.45) is 0 Å². The maximum Gasteiger partial charge on any atom is 0.285 e. The van der Waals surface area contributed by atoms with Gasteiger partial charge in [0.15, 0.2) is 4.32 Å².